The Balaban J connectivity index is 1.99. The Morgan fingerprint density at radius 2 is 2.08 bits per heavy atom. The van der Waals surface area contributed by atoms with Crippen molar-refractivity contribution in [2.75, 3.05) is 0 Å². The van der Waals surface area contributed by atoms with E-state index in [2.05, 4.69) is 15.0 Å². The van der Waals surface area contributed by atoms with E-state index in [1.165, 1.54) is 6.08 Å². The maximum atomic E-state index is 10.9. The highest BCUT2D eigenvalue weighted by atomic mass is 16.3. The predicted octanol–water partition coefficient (Wildman–Crippen LogP) is 2.74. The van der Waals surface area contributed by atoms with Crippen molar-refractivity contribution in [2.45, 2.75) is 25.9 Å². The van der Waals surface area contributed by atoms with Gasteiger partial charge in [0.25, 0.3) is 0 Å². The van der Waals surface area contributed by atoms with Gasteiger partial charge in [-0.15, -0.1) is 0 Å². The molecule has 0 radical (unpaired) electrons. The molecule has 0 fully saturated rings. The third-order valence-electron chi connectivity index (χ3n) is 4.33. The van der Waals surface area contributed by atoms with Crippen LogP contribution in [-0.4, -0.2) is 26.0 Å². The number of benzene rings is 1. The van der Waals surface area contributed by atoms with Crippen LogP contribution in [0.2, 0.25) is 0 Å². The van der Waals surface area contributed by atoms with Crippen LogP contribution in [0.4, 0.5) is 0 Å². The zero-order valence-corrected chi connectivity index (χ0v) is 14.2. The van der Waals surface area contributed by atoms with Crippen LogP contribution < -0.4 is 5.73 Å². The molecule has 0 aliphatic rings. The van der Waals surface area contributed by atoms with E-state index in [9.17, 15) is 9.90 Å². The van der Waals surface area contributed by atoms with Crippen molar-refractivity contribution < 1.29 is 9.90 Å². The van der Waals surface area contributed by atoms with E-state index in [-0.39, 0.29) is 0 Å². The van der Waals surface area contributed by atoms with E-state index in [0.29, 0.717) is 23.3 Å². The van der Waals surface area contributed by atoms with Crippen molar-refractivity contribution in [1.29, 1.82) is 0 Å². The maximum Gasteiger partial charge on any atom is 0.241 e. The van der Waals surface area contributed by atoms with E-state index in [1.54, 1.807) is 25.4 Å². The van der Waals surface area contributed by atoms with Crippen LogP contribution in [0.15, 0.2) is 42.7 Å². The van der Waals surface area contributed by atoms with Crippen LogP contribution in [-0.2, 0) is 10.4 Å². The number of carbonyl (C=O) groups excluding carboxylic acids is 1. The van der Waals surface area contributed by atoms with E-state index < -0.39 is 11.5 Å². The number of aromatic nitrogens is 3. The molecule has 25 heavy (non-hydrogen) atoms. The Morgan fingerprint density at radius 1 is 1.36 bits per heavy atom. The molecule has 0 bridgehead atoms. The van der Waals surface area contributed by atoms with Gasteiger partial charge in [-0.2, -0.15) is 0 Å². The molecule has 0 spiro atoms. The number of hydrogen-bond acceptors (Lipinski definition) is 4. The third kappa shape index (κ3) is 3.44. The van der Waals surface area contributed by atoms with Crippen LogP contribution in [0.5, 0.6) is 0 Å². The molecule has 6 nitrogen and oxygen atoms in total. The number of hydrogen-bond donors (Lipinski definition) is 3. The lowest BCUT2D eigenvalue weighted by Gasteiger charge is -2.21. The molecule has 6 heteroatoms. The van der Waals surface area contributed by atoms with Gasteiger partial charge in [0.05, 0.1) is 17.5 Å². The molecule has 2 heterocycles. The summed E-state index contributed by atoms with van der Waals surface area (Å²) in [6, 6.07) is 7.63. The number of nitrogens with two attached hydrogens (primary N) is 1. The zero-order valence-electron chi connectivity index (χ0n) is 14.2. The smallest absolute Gasteiger partial charge is 0.241 e. The van der Waals surface area contributed by atoms with E-state index in [4.69, 9.17) is 5.73 Å². The highest BCUT2D eigenvalue weighted by Crippen LogP contribution is 2.27. The molecule has 1 atom stereocenters. The maximum absolute atomic E-state index is 10.9. The standard InChI is InChI=1S/C19H20N4O2/c1-3-19(2,25)14-7-4-12(5-8-14)15-11-22-18-17(23-15)13(10-21-18)6-9-16(20)24/h4-11,25H,3H2,1-2H3,(H2,20,24)(H,21,22)/b9-6+. The van der Waals surface area contributed by atoms with Gasteiger partial charge < -0.3 is 15.8 Å². The fraction of sp³-hybridized carbons (Fsp3) is 0.211. The molecular formula is C19H20N4O2. The Kier molecular flexibility index (Phi) is 4.37. The molecular weight excluding hydrogens is 316 g/mol. The largest absolute Gasteiger partial charge is 0.385 e. The van der Waals surface area contributed by atoms with Gasteiger partial charge in [0.1, 0.15) is 5.52 Å². The summed E-state index contributed by atoms with van der Waals surface area (Å²) in [5, 5.41) is 10.3. The molecule has 3 rings (SSSR count). The van der Waals surface area contributed by atoms with Crippen molar-refractivity contribution in [1.82, 2.24) is 15.0 Å². The van der Waals surface area contributed by atoms with Crippen molar-refractivity contribution >= 4 is 23.1 Å². The van der Waals surface area contributed by atoms with Gasteiger partial charge in [0.15, 0.2) is 5.65 Å². The molecule has 0 saturated carbocycles. The fourth-order valence-electron chi connectivity index (χ4n) is 2.55. The van der Waals surface area contributed by atoms with E-state index in [1.807, 2.05) is 31.2 Å². The van der Waals surface area contributed by atoms with Crippen molar-refractivity contribution in [3.05, 3.63) is 53.9 Å². The van der Waals surface area contributed by atoms with Crippen LogP contribution >= 0.6 is 0 Å². The van der Waals surface area contributed by atoms with Crippen molar-refractivity contribution in [2.24, 2.45) is 5.73 Å². The second kappa shape index (κ2) is 6.49. The number of aliphatic hydroxyl groups is 1. The Morgan fingerprint density at radius 3 is 2.72 bits per heavy atom. The highest BCUT2D eigenvalue weighted by molar-refractivity contribution is 5.93. The molecule has 1 aromatic carbocycles. The van der Waals surface area contributed by atoms with Crippen LogP contribution in [0.25, 0.3) is 28.5 Å². The second-order valence-electron chi connectivity index (χ2n) is 6.14. The molecule has 0 aliphatic carbocycles. The first kappa shape index (κ1) is 16.9. The first-order valence-corrected chi connectivity index (χ1v) is 8.05. The van der Waals surface area contributed by atoms with E-state index >= 15 is 0 Å². The summed E-state index contributed by atoms with van der Waals surface area (Å²) in [4.78, 5) is 23.0. The normalized spacial score (nSPS) is 14.0. The number of nitrogens with one attached hydrogen (secondary N) is 1. The Labute approximate surface area is 145 Å². The average molecular weight is 336 g/mol. The first-order chi connectivity index (χ1) is 11.9. The number of fused-ring (bicyclic) bond motifs is 1. The summed E-state index contributed by atoms with van der Waals surface area (Å²) in [6.07, 6.45) is 6.96. The number of primary amides is 1. The molecule has 1 amide bonds. The second-order valence-corrected chi connectivity index (χ2v) is 6.14. The summed E-state index contributed by atoms with van der Waals surface area (Å²) < 4.78 is 0. The molecule has 128 valence electrons. The zero-order chi connectivity index (χ0) is 18.0. The number of amides is 1. The molecule has 2 aromatic heterocycles. The van der Waals surface area contributed by atoms with Crippen LogP contribution in [0.3, 0.4) is 0 Å². The quantitative estimate of drug-likeness (QED) is 0.623. The lowest BCUT2D eigenvalue weighted by Crippen LogP contribution is -2.19. The van der Waals surface area contributed by atoms with Crippen molar-refractivity contribution in [3.8, 4) is 11.3 Å². The highest BCUT2D eigenvalue weighted by Gasteiger charge is 2.20. The Hall–Kier alpha value is -2.99. The minimum absolute atomic E-state index is 0.517. The third-order valence-corrected chi connectivity index (χ3v) is 4.33. The average Bonchev–Trinajstić information content (AvgIpc) is 3.02. The first-order valence-electron chi connectivity index (χ1n) is 8.05. The van der Waals surface area contributed by atoms with Gasteiger partial charge in [-0.25, -0.2) is 9.97 Å². The summed E-state index contributed by atoms with van der Waals surface area (Å²) in [7, 11) is 0. The molecule has 4 N–H and O–H groups in total. The summed E-state index contributed by atoms with van der Waals surface area (Å²) in [5.74, 6) is -0.517. The molecule has 0 saturated heterocycles. The van der Waals surface area contributed by atoms with Gasteiger partial charge in [-0.1, -0.05) is 31.2 Å². The summed E-state index contributed by atoms with van der Waals surface area (Å²) in [5.41, 5.74) is 8.82. The van der Waals surface area contributed by atoms with Gasteiger partial charge >= 0.3 is 0 Å². The monoisotopic (exact) mass is 336 g/mol. The van der Waals surface area contributed by atoms with Crippen LogP contribution in [0.1, 0.15) is 31.4 Å². The molecule has 0 aliphatic heterocycles. The number of rotatable bonds is 5. The number of aromatic amines is 1. The predicted molar refractivity (Wildman–Crippen MR) is 97.4 cm³/mol. The lowest BCUT2D eigenvalue weighted by molar-refractivity contribution is -0.113. The number of carbonyl (C=O) groups is 1. The van der Waals surface area contributed by atoms with E-state index in [0.717, 1.165) is 16.7 Å². The lowest BCUT2D eigenvalue weighted by atomic mass is 9.92. The minimum Gasteiger partial charge on any atom is -0.385 e. The van der Waals surface area contributed by atoms with Crippen LogP contribution in [0, 0.1) is 0 Å². The fourth-order valence-corrected chi connectivity index (χ4v) is 2.55. The number of H-pyrrole nitrogens is 1. The molecule has 3 aromatic rings. The minimum atomic E-state index is -0.846. The van der Waals surface area contributed by atoms with Gasteiger partial charge in [0, 0.05) is 23.4 Å². The van der Waals surface area contributed by atoms with Crippen molar-refractivity contribution in [3.63, 3.8) is 0 Å². The molecule has 1 unspecified atom stereocenters. The topological polar surface area (TPSA) is 105 Å². The van der Waals surface area contributed by atoms with Gasteiger partial charge in [-0.05, 0) is 25.0 Å². The van der Waals surface area contributed by atoms with Gasteiger partial charge in [0.2, 0.25) is 5.91 Å². The number of nitrogens with zero attached hydrogens (tertiary/aromatic N) is 2. The van der Waals surface area contributed by atoms with Gasteiger partial charge in [-0.3, -0.25) is 4.79 Å². The Bertz CT molecular complexity index is 940. The SMILES string of the molecule is CCC(C)(O)c1ccc(-c2cnc3[nH]cc(/C=C/C(N)=O)c3n2)cc1. The summed E-state index contributed by atoms with van der Waals surface area (Å²) in [6.45, 7) is 3.74. The summed E-state index contributed by atoms with van der Waals surface area (Å²) >= 11 is 0.